The molecule has 1 fully saturated rings. The Labute approximate surface area is 238 Å². The van der Waals surface area contributed by atoms with Crippen LogP contribution in [0, 0.1) is 0 Å². The van der Waals surface area contributed by atoms with Crippen molar-refractivity contribution in [2.45, 2.75) is 49.1 Å². The number of rotatable bonds is 13. The minimum absolute atomic E-state index is 0.0227. The van der Waals surface area contributed by atoms with Crippen molar-refractivity contribution in [2.24, 2.45) is 0 Å². The molecule has 220 valence electrons. The Balaban J connectivity index is 1.59. The van der Waals surface area contributed by atoms with E-state index < -0.39 is 40.7 Å². The van der Waals surface area contributed by atoms with Crippen LogP contribution in [-0.4, -0.2) is 63.2 Å². The van der Waals surface area contributed by atoms with Crippen LogP contribution in [0.2, 0.25) is 0 Å². The maximum absolute atomic E-state index is 13.6. The first-order valence-corrected chi connectivity index (χ1v) is 14.6. The summed E-state index contributed by atoms with van der Waals surface area (Å²) in [5, 5.41) is 8.99. The number of hydrogen-bond acceptors (Lipinski definition) is 9. The molecule has 2 aromatic carbocycles. The van der Waals surface area contributed by atoms with E-state index in [4.69, 9.17) is 28.5 Å². The van der Waals surface area contributed by atoms with Gasteiger partial charge in [0, 0.05) is 6.54 Å². The number of carbonyl (C=O) groups is 2. The summed E-state index contributed by atoms with van der Waals surface area (Å²) in [4.78, 5) is 24.6. The largest absolute Gasteiger partial charge is 0.493 e. The van der Waals surface area contributed by atoms with E-state index >= 15 is 0 Å². The van der Waals surface area contributed by atoms with Crippen LogP contribution in [0.5, 0.6) is 17.2 Å². The van der Waals surface area contributed by atoms with Crippen molar-refractivity contribution in [1.82, 2.24) is 4.31 Å². The van der Waals surface area contributed by atoms with Crippen molar-refractivity contribution in [3.8, 4) is 17.2 Å². The van der Waals surface area contributed by atoms with Gasteiger partial charge in [0.2, 0.25) is 10.0 Å². The van der Waals surface area contributed by atoms with E-state index in [9.17, 15) is 18.0 Å². The summed E-state index contributed by atoms with van der Waals surface area (Å²) >= 11 is 0. The third kappa shape index (κ3) is 7.39. The molecule has 2 heterocycles. The molecule has 1 N–H and O–H groups in total. The molecule has 0 radical (unpaired) electrons. The maximum Gasteiger partial charge on any atom is 0.341 e. The number of methoxy groups -OCH3 is 2. The Morgan fingerprint density at radius 2 is 1.88 bits per heavy atom. The molecule has 3 aromatic rings. The summed E-state index contributed by atoms with van der Waals surface area (Å²) in [6.45, 7) is -0.343. The molecule has 1 aliphatic heterocycles. The van der Waals surface area contributed by atoms with Crippen molar-refractivity contribution < 1.29 is 46.5 Å². The Bertz CT molecular complexity index is 1440. The van der Waals surface area contributed by atoms with Gasteiger partial charge < -0.3 is 28.5 Å². The lowest BCUT2D eigenvalue weighted by Gasteiger charge is -2.33. The maximum atomic E-state index is 13.6. The number of carboxylic acids is 1. The van der Waals surface area contributed by atoms with Crippen LogP contribution in [0.4, 0.5) is 0 Å². The minimum Gasteiger partial charge on any atom is -0.493 e. The van der Waals surface area contributed by atoms with Crippen LogP contribution in [0.25, 0.3) is 0 Å². The van der Waals surface area contributed by atoms with Crippen LogP contribution >= 0.6 is 0 Å². The molecule has 0 spiro atoms. The molecular weight excluding hydrogens is 554 g/mol. The first-order chi connectivity index (χ1) is 19.7. The summed E-state index contributed by atoms with van der Waals surface area (Å²) in [5.74, 6) is -0.337. The number of hydrogen-bond donors (Lipinski definition) is 1. The summed E-state index contributed by atoms with van der Waals surface area (Å²) in [5.41, 5.74) is 1.49. The highest BCUT2D eigenvalue weighted by molar-refractivity contribution is 7.89. The average molecular weight is 588 g/mol. The fourth-order valence-corrected chi connectivity index (χ4v) is 6.33. The fraction of sp³-hybridized carbons (Fsp3) is 0.379. The number of ether oxygens (including phenoxy) is 4. The molecule has 0 aliphatic carbocycles. The first kappa shape index (κ1) is 29.9. The van der Waals surface area contributed by atoms with Gasteiger partial charge in [-0.15, -0.1) is 0 Å². The van der Waals surface area contributed by atoms with Gasteiger partial charge in [-0.1, -0.05) is 18.2 Å². The van der Waals surface area contributed by atoms with Crippen molar-refractivity contribution in [3.63, 3.8) is 0 Å². The number of carbonyl (C=O) groups excluding carboxylic acids is 1. The smallest absolute Gasteiger partial charge is 0.341 e. The van der Waals surface area contributed by atoms with Gasteiger partial charge in [0.05, 0.1) is 20.5 Å². The topological polar surface area (TPSA) is 142 Å². The lowest BCUT2D eigenvalue weighted by Crippen LogP contribution is -2.48. The van der Waals surface area contributed by atoms with Gasteiger partial charge in [0.15, 0.2) is 18.1 Å². The molecule has 11 nitrogen and oxygen atoms in total. The molecule has 0 saturated carbocycles. The molecule has 12 heteroatoms. The second kappa shape index (κ2) is 13.6. The van der Waals surface area contributed by atoms with Gasteiger partial charge in [0.1, 0.15) is 29.1 Å². The number of aliphatic carboxylic acids is 1. The lowest BCUT2D eigenvalue weighted by molar-refractivity contribution is -0.155. The molecule has 1 aromatic heterocycles. The molecule has 41 heavy (non-hydrogen) atoms. The van der Waals surface area contributed by atoms with Gasteiger partial charge in [-0.05, 0) is 73.6 Å². The second-order valence-corrected chi connectivity index (χ2v) is 11.4. The predicted octanol–water partition coefficient (Wildman–Crippen LogP) is 4.22. The van der Waals surface area contributed by atoms with Crippen molar-refractivity contribution >= 4 is 22.0 Å². The molecule has 0 unspecified atom stereocenters. The summed E-state index contributed by atoms with van der Waals surface area (Å²) < 4.78 is 54.8. The average Bonchev–Trinajstić information content (AvgIpc) is 3.54. The SMILES string of the molecule is COc1ccc(CC[C@@H](OC(=O)[C@@H]2CCCCN2S(=O)(=O)c2ccoc2)c2cccc(OCC(=O)O)c2)cc1OC. The van der Waals surface area contributed by atoms with Gasteiger partial charge in [0.25, 0.3) is 0 Å². The normalized spacial score (nSPS) is 16.5. The van der Waals surface area contributed by atoms with E-state index in [1.807, 2.05) is 12.1 Å². The van der Waals surface area contributed by atoms with Crippen LogP contribution in [0.15, 0.2) is 70.4 Å². The zero-order chi connectivity index (χ0) is 29.4. The second-order valence-electron chi connectivity index (χ2n) is 9.49. The minimum atomic E-state index is -3.97. The number of esters is 1. The Hall–Kier alpha value is -4.03. The molecule has 2 atom stereocenters. The van der Waals surface area contributed by atoms with E-state index in [1.54, 1.807) is 44.6 Å². The van der Waals surface area contributed by atoms with E-state index in [0.29, 0.717) is 54.9 Å². The monoisotopic (exact) mass is 587 g/mol. The number of furan rings is 1. The predicted molar refractivity (Wildman–Crippen MR) is 147 cm³/mol. The quantitative estimate of drug-likeness (QED) is 0.289. The molecule has 0 bridgehead atoms. The third-order valence-corrected chi connectivity index (χ3v) is 8.70. The van der Waals surface area contributed by atoms with E-state index in [0.717, 1.165) is 11.8 Å². The summed E-state index contributed by atoms with van der Waals surface area (Å²) in [6.07, 6.45) is 4.09. The van der Waals surface area contributed by atoms with Crippen molar-refractivity contribution in [3.05, 3.63) is 72.2 Å². The van der Waals surface area contributed by atoms with Crippen LogP contribution in [0.1, 0.15) is 42.9 Å². The third-order valence-electron chi connectivity index (χ3n) is 6.82. The standard InChI is InChI=1S/C29H33NO10S/c1-36-26-12-10-20(16-27(26)37-2)9-11-25(21-6-5-7-22(17-21)39-19-28(31)32)40-29(33)24-8-3-4-14-30(24)41(34,35)23-13-15-38-18-23/h5-7,10,12-13,15-18,24-25H,3-4,8-9,11,14,19H2,1-2H3,(H,31,32)/t24-,25+/m0/s1. The highest BCUT2D eigenvalue weighted by Crippen LogP contribution is 2.33. The number of sulfonamides is 1. The molecule has 0 amide bonds. The molecule has 4 rings (SSSR count). The van der Waals surface area contributed by atoms with E-state index in [1.165, 1.54) is 16.6 Å². The molecule has 1 aliphatic rings. The zero-order valence-corrected chi connectivity index (χ0v) is 23.7. The lowest BCUT2D eigenvalue weighted by atomic mass is 10.00. The number of aryl methyl sites for hydroxylation is 1. The molecular formula is C29H33NO10S. The van der Waals surface area contributed by atoms with E-state index in [-0.39, 0.29) is 11.4 Å². The van der Waals surface area contributed by atoms with Gasteiger partial charge in [-0.3, -0.25) is 4.79 Å². The van der Waals surface area contributed by atoms with Crippen LogP contribution < -0.4 is 14.2 Å². The summed E-state index contributed by atoms with van der Waals surface area (Å²) in [7, 11) is -0.874. The summed E-state index contributed by atoms with van der Waals surface area (Å²) in [6, 6.07) is 12.5. The highest BCUT2D eigenvalue weighted by Gasteiger charge is 2.40. The van der Waals surface area contributed by atoms with Crippen LogP contribution in [0.3, 0.4) is 0 Å². The first-order valence-electron chi connectivity index (χ1n) is 13.1. The van der Waals surface area contributed by atoms with E-state index in [2.05, 4.69) is 0 Å². The van der Waals surface area contributed by atoms with Gasteiger partial charge >= 0.3 is 11.9 Å². The van der Waals surface area contributed by atoms with Gasteiger partial charge in [-0.2, -0.15) is 4.31 Å². The van der Waals surface area contributed by atoms with Gasteiger partial charge in [-0.25, -0.2) is 13.2 Å². The highest BCUT2D eigenvalue weighted by atomic mass is 32.2. The van der Waals surface area contributed by atoms with Crippen LogP contribution in [-0.2, 0) is 30.8 Å². The van der Waals surface area contributed by atoms with Crippen molar-refractivity contribution in [1.29, 1.82) is 0 Å². The number of carboxylic acid groups (broad SMARTS) is 1. The number of benzene rings is 2. The molecule has 1 saturated heterocycles. The Morgan fingerprint density at radius 3 is 2.59 bits per heavy atom. The fourth-order valence-electron chi connectivity index (χ4n) is 4.76. The van der Waals surface area contributed by atoms with Crippen molar-refractivity contribution in [2.75, 3.05) is 27.4 Å². The number of piperidine rings is 1. The Kier molecular flexibility index (Phi) is 9.90. The zero-order valence-electron chi connectivity index (χ0n) is 22.9. The number of nitrogens with zero attached hydrogens (tertiary/aromatic N) is 1. The Morgan fingerprint density at radius 1 is 1.07 bits per heavy atom.